The highest BCUT2D eigenvalue weighted by atomic mass is 16.5. The summed E-state index contributed by atoms with van der Waals surface area (Å²) < 4.78 is 11.4. The molecule has 0 unspecified atom stereocenters. The van der Waals surface area contributed by atoms with Crippen LogP contribution in [0.2, 0.25) is 0 Å². The Bertz CT molecular complexity index is 1350. The van der Waals surface area contributed by atoms with Crippen molar-refractivity contribution in [3.63, 3.8) is 0 Å². The number of benzene rings is 2. The van der Waals surface area contributed by atoms with E-state index in [0.29, 0.717) is 44.7 Å². The number of phenols is 1. The Kier molecular flexibility index (Phi) is 6.90. The predicted molar refractivity (Wildman–Crippen MR) is 140 cm³/mol. The molecule has 1 aromatic heterocycles. The summed E-state index contributed by atoms with van der Waals surface area (Å²) >= 11 is 0. The third kappa shape index (κ3) is 5.06. The fourth-order valence-corrected chi connectivity index (χ4v) is 5.50. The van der Waals surface area contributed by atoms with Gasteiger partial charge in [0.15, 0.2) is 0 Å². The van der Waals surface area contributed by atoms with Gasteiger partial charge in [-0.05, 0) is 42.2 Å². The van der Waals surface area contributed by atoms with Gasteiger partial charge in [-0.3, -0.25) is 19.6 Å². The summed E-state index contributed by atoms with van der Waals surface area (Å²) in [4.78, 5) is 31.7. The largest absolute Gasteiger partial charge is 0.507 e. The number of morpholine rings is 1. The lowest BCUT2D eigenvalue weighted by molar-refractivity contribution is -0.133. The molecule has 3 aliphatic heterocycles. The molecule has 10 heteroatoms. The molecule has 0 radical (unpaired) electrons. The normalized spacial score (nSPS) is 18.3. The van der Waals surface area contributed by atoms with Gasteiger partial charge in [0.25, 0.3) is 5.91 Å². The molecule has 3 aromatic rings. The van der Waals surface area contributed by atoms with Gasteiger partial charge in [-0.1, -0.05) is 6.07 Å². The summed E-state index contributed by atoms with van der Waals surface area (Å²) in [5.74, 6) is 0.591. The van der Waals surface area contributed by atoms with Crippen molar-refractivity contribution in [2.45, 2.75) is 38.9 Å². The third-order valence-electron chi connectivity index (χ3n) is 7.72. The second kappa shape index (κ2) is 10.6. The van der Waals surface area contributed by atoms with Crippen molar-refractivity contribution in [2.24, 2.45) is 0 Å². The maximum absolute atomic E-state index is 13.5. The van der Waals surface area contributed by atoms with Crippen molar-refractivity contribution in [1.82, 2.24) is 24.9 Å². The van der Waals surface area contributed by atoms with Crippen molar-refractivity contribution < 1.29 is 24.2 Å². The molecule has 0 atom stereocenters. The summed E-state index contributed by atoms with van der Waals surface area (Å²) in [6.45, 7) is 6.91. The van der Waals surface area contributed by atoms with Gasteiger partial charge in [0.1, 0.15) is 18.1 Å². The summed E-state index contributed by atoms with van der Waals surface area (Å²) in [5.41, 5.74) is 3.71. The molecule has 38 heavy (non-hydrogen) atoms. The van der Waals surface area contributed by atoms with Crippen LogP contribution in [0.3, 0.4) is 0 Å². The zero-order valence-electron chi connectivity index (χ0n) is 21.4. The van der Waals surface area contributed by atoms with E-state index < -0.39 is 0 Å². The van der Waals surface area contributed by atoms with E-state index in [1.165, 1.54) is 6.07 Å². The number of carbonyl (C=O) groups is 2. The minimum absolute atomic E-state index is 0.0994. The summed E-state index contributed by atoms with van der Waals surface area (Å²) in [5, 5.41) is 18.7. The number of phenolic OH excluding ortho intramolecular Hbond substituents is 1. The number of piperidine rings is 1. The number of H-pyrrole nitrogens is 1. The van der Waals surface area contributed by atoms with Gasteiger partial charge in [-0.2, -0.15) is 5.10 Å². The van der Waals surface area contributed by atoms with Crippen LogP contribution in [0.25, 0.3) is 10.9 Å². The molecule has 2 fully saturated rings. The van der Waals surface area contributed by atoms with Gasteiger partial charge in [-0.25, -0.2) is 0 Å². The number of hydrogen-bond donors (Lipinski definition) is 2. The Morgan fingerprint density at radius 3 is 2.76 bits per heavy atom. The van der Waals surface area contributed by atoms with E-state index >= 15 is 0 Å². The average Bonchev–Trinajstić information content (AvgIpc) is 3.53. The first-order valence-corrected chi connectivity index (χ1v) is 13.4. The van der Waals surface area contributed by atoms with Crippen LogP contribution in [-0.2, 0) is 29.2 Å². The van der Waals surface area contributed by atoms with E-state index in [0.717, 1.165) is 73.6 Å². The lowest BCUT2D eigenvalue weighted by Crippen LogP contribution is -2.38. The molecule has 2 N–H and O–H groups in total. The van der Waals surface area contributed by atoms with Gasteiger partial charge < -0.3 is 24.4 Å². The van der Waals surface area contributed by atoms with E-state index in [9.17, 15) is 14.7 Å². The van der Waals surface area contributed by atoms with Crippen LogP contribution in [0, 0.1) is 0 Å². The summed E-state index contributed by atoms with van der Waals surface area (Å²) in [6.07, 6.45) is 2.47. The second-order valence-electron chi connectivity index (χ2n) is 10.3. The maximum atomic E-state index is 13.5. The van der Waals surface area contributed by atoms with E-state index in [-0.39, 0.29) is 23.1 Å². The zero-order chi connectivity index (χ0) is 26.1. The highest BCUT2D eigenvalue weighted by Gasteiger charge is 2.28. The molecule has 3 aliphatic rings. The number of likely N-dealkylation sites (tertiary alicyclic amines) is 1. The van der Waals surface area contributed by atoms with E-state index in [4.69, 9.17) is 9.47 Å². The molecule has 200 valence electrons. The number of aromatic nitrogens is 2. The fourth-order valence-electron chi connectivity index (χ4n) is 5.50. The smallest absolute Gasteiger partial charge is 0.258 e. The highest BCUT2D eigenvalue weighted by molar-refractivity contribution is 6.01. The molecule has 6 rings (SSSR count). The molecule has 10 nitrogen and oxygen atoms in total. The highest BCUT2D eigenvalue weighted by Crippen LogP contribution is 2.32. The predicted octanol–water partition coefficient (Wildman–Crippen LogP) is 2.65. The topological polar surface area (TPSA) is 111 Å². The van der Waals surface area contributed by atoms with Gasteiger partial charge in [0.05, 0.1) is 36.5 Å². The SMILES string of the molecule is O=C1CCCCN1Cc1[nH]nc2cc(O)c(C(=O)N3Cc4ccc(OCCN5CCOCC5)cc4C3)cc12. The van der Waals surface area contributed by atoms with Crippen LogP contribution >= 0.6 is 0 Å². The van der Waals surface area contributed by atoms with Crippen LogP contribution in [-0.4, -0.2) is 87.8 Å². The molecule has 0 spiro atoms. The van der Waals surface area contributed by atoms with E-state index in [2.05, 4.69) is 15.1 Å². The maximum Gasteiger partial charge on any atom is 0.258 e. The minimum Gasteiger partial charge on any atom is -0.507 e. The molecule has 0 saturated carbocycles. The number of amides is 2. The van der Waals surface area contributed by atoms with Crippen molar-refractivity contribution >= 4 is 22.7 Å². The lowest BCUT2D eigenvalue weighted by Gasteiger charge is -2.26. The first-order chi connectivity index (χ1) is 18.5. The zero-order valence-corrected chi connectivity index (χ0v) is 21.4. The van der Waals surface area contributed by atoms with Gasteiger partial charge in [-0.15, -0.1) is 0 Å². The number of ether oxygens (including phenoxy) is 2. The minimum atomic E-state index is -0.239. The molecule has 0 bridgehead atoms. The van der Waals surface area contributed by atoms with Crippen molar-refractivity contribution in [2.75, 3.05) is 46.0 Å². The molecule has 2 amide bonds. The number of fused-ring (bicyclic) bond motifs is 2. The number of nitrogens with one attached hydrogen (secondary N) is 1. The third-order valence-corrected chi connectivity index (χ3v) is 7.72. The first kappa shape index (κ1) is 24.7. The number of aromatic amines is 1. The Hall–Kier alpha value is -3.63. The number of aromatic hydroxyl groups is 1. The summed E-state index contributed by atoms with van der Waals surface area (Å²) in [6, 6.07) is 9.19. The average molecular weight is 520 g/mol. The lowest BCUT2D eigenvalue weighted by atomic mass is 10.1. The van der Waals surface area contributed by atoms with Crippen LogP contribution in [0.4, 0.5) is 0 Å². The quantitative estimate of drug-likeness (QED) is 0.494. The van der Waals surface area contributed by atoms with E-state index in [1.807, 2.05) is 23.1 Å². The van der Waals surface area contributed by atoms with Crippen molar-refractivity contribution in [1.29, 1.82) is 0 Å². The Morgan fingerprint density at radius 1 is 1.08 bits per heavy atom. The van der Waals surface area contributed by atoms with Crippen LogP contribution < -0.4 is 4.74 Å². The summed E-state index contributed by atoms with van der Waals surface area (Å²) in [7, 11) is 0. The molecule has 2 aromatic carbocycles. The van der Waals surface area contributed by atoms with Gasteiger partial charge >= 0.3 is 0 Å². The second-order valence-corrected chi connectivity index (χ2v) is 10.3. The molecule has 2 saturated heterocycles. The monoisotopic (exact) mass is 519 g/mol. The number of hydrogen-bond acceptors (Lipinski definition) is 7. The van der Waals surface area contributed by atoms with Crippen LogP contribution in [0.1, 0.15) is 46.4 Å². The van der Waals surface area contributed by atoms with Crippen molar-refractivity contribution in [3.05, 3.63) is 52.7 Å². The van der Waals surface area contributed by atoms with Gasteiger partial charge in [0, 0.05) is 57.1 Å². The first-order valence-electron chi connectivity index (χ1n) is 13.4. The van der Waals surface area contributed by atoms with Crippen molar-refractivity contribution in [3.8, 4) is 11.5 Å². The number of nitrogens with zero attached hydrogens (tertiary/aromatic N) is 4. The fraction of sp³-hybridized carbons (Fsp3) is 0.464. The standard InChI is InChI=1S/C28H33N5O5/c34-26-15-24-22(25(30-29-24)18-32-6-2-1-3-27(32)35)14-23(26)28(36)33-16-19-4-5-21(13-20(19)17-33)38-12-9-31-7-10-37-11-8-31/h4-5,13-15,34H,1-3,6-12,16-18H2,(H,29,30). The van der Waals surface area contributed by atoms with Crippen LogP contribution in [0.5, 0.6) is 11.5 Å². The molecular formula is C28H33N5O5. The Morgan fingerprint density at radius 2 is 1.92 bits per heavy atom. The van der Waals surface area contributed by atoms with Crippen LogP contribution in [0.15, 0.2) is 30.3 Å². The van der Waals surface area contributed by atoms with E-state index in [1.54, 1.807) is 11.0 Å². The molecular weight excluding hydrogens is 486 g/mol. The molecule has 0 aliphatic carbocycles. The number of rotatable bonds is 7. The number of carbonyl (C=O) groups excluding carboxylic acids is 2. The van der Waals surface area contributed by atoms with Gasteiger partial charge in [0.2, 0.25) is 5.91 Å². The molecule has 4 heterocycles. The Balaban J connectivity index is 1.13. The Labute approximate surface area is 221 Å².